The van der Waals surface area contributed by atoms with Crippen molar-refractivity contribution in [2.45, 2.75) is 96.6 Å². The molecule has 1 atom stereocenters. The van der Waals surface area contributed by atoms with E-state index in [-0.39, 0.29) is 11.3 Å². The summed E-state index contributed by atoms with van der Waals surface area (Å²) >= 11 is 0. The maximum Gasteiger partial charge on any atom is 0.338 e. The molecule has 1 heterocycles. The van der Waals surface area contributed by atoms with Gasteiger partial charge in [-0.25, -0.2) is 9.48 Å². The molecule has 5 aromatic rings. The van der Waals surface area contributed by atoms with Gasteiger partial charge in [-0.2, -0.15) is 0 Å². The van der Waals surface area contributed by atoms with E-state index in [1.807, 2.05) is 30.3 Å². The molecule has 0 fully saturated rings. The Morgan fingerprint density at radius 1 is 0.722 bits per heavy atom. The van der Waals surface area contributed by atoms with E-state index in [0.29, 0.717) is 41.3 Å². The van der Waals surface area contributed by atoms with Gasteiger partial charge in [-0.3, -0.25) is 9.59 Å². The van der Waals surface area contributed by atoms with Gasteiger partial charge in [0.25, 0.3) is 5.91 Å². The summed E-state index contributed by atoms with van der Waals surface area (Å²) in [6.07, 6.45) is 14.7. The zero-order chi connectivity index (χ0) is 38.0. The number of unbranched alkanes of at least 4 members (excludes halogenated alkanes) is 11. The first-order valence-electron chi connectivity index (χ1n) is 19.3. The number of anilines is 1. The molecule has 0 radical (unpaired) electrons. The molecule has 5 rings (SSSR count). The Labute approximate surface area is 318 Å². The lowest BCUT2D eigenvalue weighted by atomic mass is 10.0. The fourth-order valence-corrected chi connectivity index (χ4v) is 6.37. The first-order valence-corrected chi connectivity index (χ1v) is 19.3. The highest BCUT2D eigenvalue weighted by atomic mass is 16.5. The van der Waals surface area contributed by atoms with E-state index in [4.69, 9.17) is 14.2 Å². The van der Waals surface area contributed by atoms with Gasteiger partial charge in [0.2, 0.25) is 0 Å². The number of fused-ring (bicyclic) bond motifs is 1. The molecule has 0 aliphatic heterocycles. The number of Topliss-reactive ketones (excluding diaryl/α,β-unsaturated/α-hetero) is 1. The Kier molecular flexibility index (Phi) is 15.6. The predicted molar refractivity (Wildman–Crippen MR) is 211 cm³/mol. The number of hydrogen-bond acceptors (Lipinski definition) is 8. The van der Waals surface area contributed by atoms with E-state index in [2.05, 4.69) is 22.6 Å². The summed E-state index contributed by atoms with van der Waals surface area (Å²) in [6.45, 7) is 2.93. The quantitative estimate of drug-likeness (QED) is 0.0305. The van der Waals surface area contributed by atoms with Crippen LogP contribution < -0.4 is 14.8 Å². The second kappa shape index (κ2) is 21.3. The van der Waals surface area contributed by atoms with Crippen molar-refractivity contribution in [2.75, 3.05) is 19.0 Å². The first kappa shape index (κ1) is 39.7. The van der Waals surface area contributed by atoms with E-state index in [1.54, 1.807) is 60.7 Å². The van der Waals surface area contributed by atoms with Crippen LogP contribution in [0.2, 0.25) is 0 Å². The molecule has 54 heavy (non-hydrogen) atoms. The minimum absolute atomic E-state index is 0.217. The maximum atomic E-state index is 14.1. The van der Waals surface area contributed by atoms with Gasteiger partial charge >= 0.3 is 5.97 Å². The fraction of sp³-hybridized carbons (Fsp3) is 0.386. The molecule has 0 bridgehead atoms. The lowest BCUT2D eigenvalue weighted by Gasteiger charge is -2.18. The molecule has 1 N–H and O–H groups in total. The number of carbonyl (C=O) groups excluding carboxylic acids is 3. The smallest absolute Gasteiger partial charge is 0.338 e. The molecule has 0 aliphatic carbocycles. The van der Waals surface area contributed by atoms with Crippen LogP contribution in [-0.4, -0.2) is 46.4 Å². The van der Waals surface area contributed by atoms with Crippen LogP contribution in [0.3, 0.4) is 0 Å². The second-order valence-electron chi connectivity index (χ2n) is 13.5. The van der Waals surface area contributed by atoms with Crippen LogP contribution in [0.5, 0.6) is 11.5 Å². The van der Waals surface area contributed by atoms with E-state index < -0.39 is 23.7 Å². The number of methoxy groups -OCH3 is 1. The zero-order valence-electron chi connectivity index (χ0n) is 31.5. The van der Waals surface area contributed by atoms with Crippen LogP contribution in [-0.2, 0) is 16.1 Å². The summed E-state index contributed by atoms with van der Waals surface area (Å²) in [7, 11) is 1.46. The van der Waals surface area contributed by atoms with Gasteiger partial charge in [-0.1, -0.05) is 143 Å². The van der Waals surface area contributed by atoms with Gasteiger partial charge in [0.05, 0.1) is 30.5 Å². The summed E-state index contributed by atoms with van der Waals surface area (Å²) in [6, 6.07) is 26.8. The molecule has 0 aliphatic rings. The lowest BCUT2D eigenvalue weighted by Crippen LogP contribution is -2.33. The minimum Gasteiger partial charge on any atom is -0.495 e. The molecule has 1 aromatic heterocycles. The monoisotopic (exact) mass is 732 g/mol. The molecule has 0 saturated heterocycles. The van der Waals surface area contributed by atoms with Crippen molar-refractivity contribution in [3.63, 3.8) is 0 Å². The van der Waals surface area contributed by atoms with Crippen molar-refractivity contribution < 1.29 is 28.6 Å². The predicted octanol–water partition coefficient (Wildman–Crippen LogP) is 9.94. The molecule has 0 spiro atoms. The molecular weight excluding hydrogens is 681 g/mol. The van der Waals surface area contributed by atoms with Crippen molar-refractivity contribution in [2.24, 2.45) is 0 Å². The third kappa shape index (κ3) is 11.5. The van der Waals surface area contributed by atoms with Crippen molar-refractivity contribution in [1.82, 2.24) is 15.0 Å². The average molecular weight is 733 g/mol. The lowest BCUT2D eigenvalue weighted by molar-refractivity contribution is -0.118. The maximum absolute atomic E-state index is 14.1. The van der Waals surface area contributed by atoms with Gasteiger partial charge in [-0.05, 0) is 42.3 Å². The van der Waals surface area contributed by atoms with Gasteiger partial charge in [0, 0.05) is 11.6 Å². The van der Waals surface area contributed by atoms with Crippen molar-refractivity contribution >= 4 is 34.4 Å². The number of carbonyl (C=O) groups is 3. The molecular formula is C44H52N4O6. The number of rotatable bonds is 23. The van der Waals surface area contributed by atoms with Crippen LogP contribution in [0.25, 0.3) is 11.0 Å². The van der Waals surface area contributed by atoms with E-state index in [1.165, 1.54) is 75.6 Å². The van der Waals surface area contributed by atoms with Gasteiger partial charge < -0.3 is 19.5 Å². The topological polar surface area (TPSA) is 122 Å². The van der Waals surface area contributed by atoms with Gasteiger partial charge in [-0.15, -0.1) is 5.10 Å². The normalized spacial score (nSPS) is 11.6. The van der Waals surface area contributed by atoms with Gasteiger partial charge in [0.15, 0.2) is 11.8 Å². The number of nitrogens with one attached hydrogen (secondary N) is 1. The number of ketones is 1. The highest BCUT2D eigenvalue weighted by Crippen LogP contribution is 2.29. The zero-order valence-corrected chi connectivity index (χ0v) is 31.5. The number of aromatic nitrogens is 3. The molecule has 1 amide bonds. The Morgan fingerprint density at radius 3 is 2.04 bits per heavy atom. The SMILES string of the molecule is CCCCCCCCCCCCCCOC(=O)c1ccc(OC)c(NC(=O)C(C(=O)c2ccccc2)n2nnc3cc(OCc4ccccc4)ccc32)c1. The van der Waals surface area contributed by atoms with Crippen molar-refractivity contribution in [3.8, 4) is 11.5 Å². The van der Waals surface area contributed by atoms with Crippen molar-refractivity contribution in [1.29, 1.82) is 0 Å². The Bertz CT molecular complexity index is 1930. The Balaban J connectivity index is 1.22. The fourth-order valence-electron chi connectivity index (χ4n) is 6.37. The number of benzene rings is 4. The molecule has 10 nitrogen and oxygen atoms in total. The number of hydrogen-bond donors (Lipinski definition) is 1. The number of nitrogens with zero attached hydrogens (tertiary/aromatic N) is 3. The van der Waals surface area contributed by atoms with E-state index in [0.717, 1.165) is 24.8 Å². The molecule has 10 heteroatoms. The molecule has 1 unspecified atom stereocenters. The first-order chi connectivity index (χ1) is 26.5. The standard InChI is InChI=1S/C44H52N4O6/c1-3-4-5-6-7-8-9-10-11-12-13-20-29-53-44(51)35-25-28-40(52-2)38(30-35)45-43(50)41(42(49)34-23-18-15-19-24-34)48-39-27-26-36(31-37(39)46-47-48)54-32-33-21-16-14-17-22-33/h14-19,21-28,30-31,41H,3-13,20,29,32H2,1-2H3,(H,45,50). The highest BCUT2D eigenvalue weighted by Gasteiger charge is 2.33. The molecule has 4 aromatic carbocycles. The van der Waals surface area contributed by atoms with E-state index >= 15 is 0 Å². The van der Waals surface area contributed by atoms with Gasteiger partial charge in [0.1, 0.15) is 23.6 Å². The van der Waals surface area contributed by atoms with Crippen LogP contribution in [0.15, 0.2) is 97.1 Å². The third-order valence-corrected chi connectivity index (χ3v) is 9.41. The molecule has 0 saturated carbocycles. The second-order valence-corrected chi connectivity index (χ2v) is 13.5. The number of ether oxygens (including phenoxy) is 3. The highest BCUT2D eigenvalue weighted by molar-refractivity contribution is 6.16. The minimum atomic E-state index is -1.43. The van der Waals surface area contributed by atoms with Crippen LogP contribution in [0.4, 0.5) is 5.69 Å². The summed E-state index contributed by atoms with van der Waals surface area (Å²) in [5.41, 5.74) is 2.73. The van der Waals surface area contributed by atoms with Crippen molar-refractivity contribution in [3.05, 3.63) is 114 Å². The summed E-state index contributed by atoms with van der Waals surface area (Å²) in [5.74, 6) is -0.779. The third-order valence-electron chi connectivity index (χ3n) is 9.41. The Morgan fingerprint density at radius 2 is 1.37 bits per heavy atom. The average Bonchev–Trinajstić information content (AvgIpc) is 3.62. The largest absolute Gasteiger partial charge is 0.495 e. The van der Waals surface area contributed by atoms with Crippen LogP contribution in [0, 0.1) is 0 Å². The summed E-state index contributed by atoms with van der Waals surface area (Å²) < 4.78 is 18.4. The van der Waals surface area contributed by atoms with Crippen LogP contribution >= 0.6 is 0 Å². The molecule has 284 valence electrons. The number of amides is 1. The Hall–Kier alpha value is -5.51. The van der Waals surface area contributed by atoms with Crippen LogP contribution in [0.1, 0.15) is 116 Å². The summed E-state index contributed by atoms with van der Waals surface area (Å²) in [4.78, 5) is 41.2. The summed E-state index contributed by atoms with van der Waals surface area (Å²) in [5, 5.41) is 11.4. The van der Waals surface area contributed by atoms with E-state index in [9.17, 15) is 14.4 Å². The number of esters is 1.